The molecule has 0 aromatic heterocycles. The molecule has 0 spiro atoms. The Labute approximate surface area is 147 Å². The molecule has 7 heteroatoms. The third-order valence-corrected chi connectivity index (χ3v) is 5.08. The number of urea groups is 1. The number of hydrogen-bond acceptors (Lipinski definition) is 4. The van der Waals surface area contributed by atoms with Gasteiger partial charge in [-0.2, -0.15) is 0 Å². The summed E-state index contributed by atoms with van der Waals surface area (Å²) < 4.78 is 10.6. The quantitative estimate of drug-likeness (QED) is 0.700. The zero-order chi connectivity index (χ0) is 18.2. The first kappa shape index (κ1) is 17.5. The Balaban J connectivity index is 1.65. The highest BCUT2D eigenvalue weighted by Gasteiger charge is 2.56. The molecule has 1 aliphatic heterocycles. The molecule has 2 fully saturated rings. The van der Waals surface area contributed by atoms with E-state index in [1.807, 2.05) is 32.2 Å². The Bertz CT molecular complexity index is 689. The van der Waals surface area contributed by atoms with E-state index in [9.17, 15) is 9.59 Å². The van der Waals surface area contributed by atoms with Gasteiger partial charge in [-0.15, -0.1) is 0 Å². The van der Waals surface area contributed by atoms with Crippen LogP contribution in [0.4, 0.5) is 4.79 Å². The zero-order valence-corrected chi connectivity index (χ0v) is 15.2. The second-order valence-corrected chi connectivity index (χ2v) is 7.12. The largest absolute Gasteiger partial charge is 0.493 e. The van der Waals surface area contributed by atoms with Gasteiger partial charge in [-0.3, -0.25) is 4.79 Å². The van der Waals surface area contributed by atoms with Gasteiger partial charge in [-0.05, 0) is 43.9 Å². The van der Waals surface area contributed by atoms with Gasteiger partial charge in [0.15, 0.2) is 18.2 Å². The predicted molar refractivity (Wildman–Crippen MR) is 91.5 cm³/mol. The number of hydrogen-bond donors (Lipinski definition) is 2. The van der Waals surface area contributed by atoms with Crippen LogP contribution in [0.1, 0.15) is 25.3 Å². The van der Waals surface area contributed by atoms with Gasteiger partial charge < -0.3 is 19.7 Å². The molecule has 25 heavy (non-hydrogen) atoms. The minimum atomic E-state index is -0.722. The molecular formula is C18H26N3O4+. The first-order valence-corrected chi connectivity index (χ1v) is 8.55. The summed E-state index contributed by atoms with van der Waals surface area (Å²) in [4.78, 5) is 27.3. The Hall–Kier alpha value is -2.28. The molecule has 1 saturated carbocycles. The van der Waals surface area contributed by atoms with Crippen LogP contribution in [-0.2, 0) is 11.3 Å². The Morgan fingerprint density at radius 2 is 1.92 bits per heavy atom. The molecule has 3 rings (SSSR count). The van der Waals surface area contributed by atoms with Gasteiger partial charge in [0.2, 0.25) is 0 Å². The van der Waals surface area contributed by atoms with Crippen molar-refractivity contribution >= 4 is 11.9 Å². The third-order valence-electron chi connectivity index (χ3n) is 5.08. The highest BCUT2D eigenvalue weighted by atomic mass is 16.5. The average molecular weight is 348 g/mol. The number of nitrogens with zero attached hydrogens (tertiary/aromatic N) is 1. The molecule has 1 saturated heterocycles. The van der Waals surface area contributed by atoms with Crippen LogP contribution in [0.3, 0.4) is 0 Å². The number of methoxy groups -OCH3 is 2. The van der Waals surface area contributed by atoms with Crippen LogP contribution in [0.5, 0.6) is 11.5 Å². The summed E-state index contributed by atoms with van der Waals surface area (Å²) in [6, 6.07) is 5.46. The molecule has 0 radical (unpaired) electrons. The molecule has 0 bridgehead atoms. The topological polar surface area (TPSA) is 72.3 Å². The normalized spacial score (nSPS) is 24.2. The minimum Gasteiger partial charge on any atom is -0.493 e. The number of benzene rings is 1. The number of quaternary nitrogens is 1. The molecule has 2 atom stereocenters. The fourth-order valence-corrected chi connectivity index (χ4v) is 3.46. The van der Waals surface area contributed by atoms with E-state index in [0.717, 1.165) is 23.3 Å². The second-order valence-electron chi connectivity index (χ2n) is 7.12. The lowest BCUT2D eigenvalue weighted by atomic mass is 9.96. The number of carbonyl (C=O) groups is 2. The maximum atomic E-state index is 12.7. The van der Waals surface area contributed by atoms with E-state index in [2.05, 4.69) is 5.32 Å². The van der Waals surface area contributed by atoms with Crippen molar-refractivity contribution in [2.75, 3.05) is 27.9 Å². The third kappa shape index (κ3) is 3.28. The highest BCUT2D eigenvalue weighted by molar-refractivity contribution is 6.07. The number of nitrogens with one attached hydrogen (secondary N) is 2. The summed E-state index contributed by atoms with van der Waals surface area (Å²) >= 11 is 0. The van der Waals surface area contributed by atoms with Crippen molar-refractivity contribution in [3.8, 4) is 11.5 Å². The summed E-state index contributed by atoms with van der Waals surface area (Å²) in [6.45, 7) is 2.84. The van der Waals surface area contributed by atoms with Crippen LogP contribution in [0.25, 0.3) is 0 Å². The van der Waals surface area contributed by atoms with E-state index in [0.29, 0.717) is 24.7 Å². The lowest BCUT2D eigenvalue weighted by Gasteiger charge is -2.22. The van der Waals surface area contributed by atoms with E-state index in [-0.39, 0.29) is 17.9 Å². The number of rotatable bonds is 7. The van der Waals surface area contributed by atoms with Gasteiger partial charge >= 0.3 is 6.03 Å². The van der Waals surface area contributed by atoms with Gasteiger partial charge in [0.05, 0.1) is 21.3 Å². The van der Waals surface area contributed by atoms with Crippen LogP contribution in [0.15, 0.2) is 18.2 Å². The number of ether oxygens (including phenoxy) is 2. The van der Waals surface area contributed by atoms with Gasteiger partial charge in [-0.1, -0.05) is 0 Å². The highest BCUT2D eigenvalue weighted by Crippen LogP contribution is 2.42. The van der Waals surface area contributed by atoms with Gasteiger partial charge in [0.1, 0.15) is 12.1 Å². The molecule has 7 nitrogen and oxygen atoms in total. The molecule has 2 aliphatic rings. The van der Waals surface area contributed by atoms with Gasteiger partial charge in [0.25, 0.3) is 5.91 Å². The van der Waals surface area contributed by atoms with E-state index >= 15 is 0 Å². The predicted octanol–water partition coefficient (Wildman–Crippen LogP) is 0.397. The molecule has 3 amide bonds. The number of amides is 3. The van der Waals surface area contributed by atoms with Crippen molar-refractivity contribution in [2.24, 2.45) is 5.92 Å². The van der Waals surface area contributed by atoms with Crippen molar-refractivity contribution in [1.29, 1.82) is 0 Å². The zero-order valence-electron chi connectivity index (χ0n) is 15.2. The van der Waals surface area contributed by atoms with Crippen LogP contribution in [-0.4, -0.2) is 50.3 Å². The summed E-state index contributed by atoms with van der Waals surface area (Å²) in [7, 11) is 5.16. The van der Waals surface area contributed by atoms with Crippen LogP contribution in [0, 0.1) is 5.92 Å². The average Bonchev–Trinajstić information content (AvgIpc) is 3.41. The van der Waals surface area contributed by atoms with E-state index < -0.39 is 5.54 Å². The van der Waals surface area contributed by atoms with Crippen molar-refractivity contribution < 1.29 is 24.0 Å². The Morgan fingerprint density at radius 3 is 2.52 bits per heavy atom. The van der Waals surface area contributed by atoms with Crippen molar-refractivity contribution in [2.45, 2.75) is 31.8 Å². The summed E-state index contributed by atoms with van der Waals surface area (Å²) in [5, 5.41) is 2.88. The molecule has 1 unspecified atom stereocenters. The summed E-state index contributed by atoms with van der Waals surface area (Å²) in [5.41, 5.74) is 0.327. The van der Waals surface area contributed by atoms with Crippen LogP contribution >= 0.6 is 0 Å². The number of carbonyl (C=O) groups excluding carboxylic acids is 2. The van der Waals surface area contributed by atoms with Gasteiger partial charge in [0, 0.05) is 5.56 Å². The summed E-state index contributed by atoms with van der Waals surface area (Å²) in [5.74, 6) is 1.52. The second kappa shape index (κ2) is 6.55. The van der Waals surface area contributed by atoms with Crippen molar-refractivity contribution in [1.82, 2.24) is 10.2 Å². The monoisotopic (exact) mass is 348 g/mol. The smallest absolute Gasteiger partial charge is 0.329 e. The van der Waals surface area contributed by atoms with Crippen molar-refractivity contribution in [3.05, 3.63) is 23.8 Å². The first-order valence-electron chi connectivity index (χ1n) is 8.55. The van der Waals surface area contributed by atoms with E-state index in [1.54, 1.807) is 14.2 Å². The molecule has 2 N–H and O–H groups in total. The maximum absolute atomic E-state index is 12.7. The van der Waals surface area contributed by atoms with Crippen molar-refractivity contribution in [3.63, 3.8) is 0 Å². The fourth-order valence-electron chi connectivity index (χ4n) is 3.46. The van der Waals surface area contributed by atoms with Crippen LogP contribution < -0.4 is 19.7 Å². The minimum absolute atomic E-state index is 0.105. The first-order chi connectivity index (χ1) is 11.9. The Kier molecular flexibility index (Phi) is 4.60. The molecule has 1 aliphatic carbocycles. The molecule has 1 heterocycles. The van der Waals surface area contributed by atoms with Gasteiger partial charge in [-0.25, -0.2) is 9.69 Å². The fraction of sp³-hybridized carbons (Fsp3) is 0.556. The van der Waals surface area contributed by atoms with E-state index in [4.69, 9.17) is 9.47 Å². The SMILES string of the molecule is COc1ccc(C[NH+](C)CN2C(=O)N[C@](C)(C3CC3)C2=O)cc1OC. The molecule has 1 aromatic rings. The maximum Gasteiger partial charge on any atom is 0.329 e. The lowest BCUT2D eigenvalue weighted by Crippen LogP contribution is -3.09. The van der Waals surface area contributed by atoms with E-state index in [1.165, 1.54) is 4.90 Å². The molecule has 1 aromatic carbocycles. The lowest BCUT2D eigenvalue weighted by molar-refractivity contribution is -0.901. The Morgan fingerprint density at radius 1 is 1.24 bits per heavy atom. The number of imide groups is 1. The standard InChI is InChI=1S/C18H25N3O4/c1-18(13-6-7-13)16(22)21(17(23)19-18)11-20(2)10-12-5-8-14(24-3)15(9-12)25-4/h5,8-9,13H,6-7,10-11H2,1-4H3,(H,19,23)/p+1/t18-/m1/s1. The summed E-state index contributed by atoms with van der Waals surface area (Å²) in [6.07, 6.45) is 2.01. The molecular weight excluding hydrogens is 322 g/mol. The molecule has 136 valence electrons. The van der Waals surface area contributed by atoms with Crippen LogP contribution in [0.2, 0.25) is 0 Å².